The maximum Gasteiger partial charge on any atom is 0.414 e. The molecule has 1 N–H and O–H groups in total. The highest BCUT2D eigenvalue weighted by molar-refractivity contribution is 4.76. The fraction of sp³-hybridized carbons (Fsp3) is 1.00. The van der Waals surface area contributed by atoms with E-state index in [1.807, 2.05) is 0 Å². The zero-order valence-corrected chi connectivity index (χ0v) is 8.94. The van der Waals surface area contributed by atoms with Gasteiger partial charge in [0.1, 0.15) is 0 Å². The summed E-state index contributed by atoms with van der Waals surface area (Å²) >= 11 is 0. The molecule has 2 nitrogen and oxygen atoms in total. The SMILES string of the molecule is COC(CCC1CCCCN1)C(F)(F)F. The highest BCUT2D eigenvalue weighted by Crippen LogP contribution is 2.27. The van der Waals surface area contributed by atoms with Gasteiger partial charge in [0.2, 0.25) is 0 Å². The lowest BCUT2D eigenvalue weighted by atomic mass is 9.99. The van der Waals surface area contributed by atoms with E-state index in [9.17, 15) is 13.2 Å². The molecule has 1 aliphatic heterocycles. The second-order valence-corrected chi connectivity index (χ2v) is 3.99. The molecule has 0 aromatic rings. The molecule has 0 bridgehead atoms. The summed E-state index contributed by atoms with van der Waals surface area (Å²) in [5, 5.41) is 3.23. The van der Waals surface area contributed by atoms with Gasteiger partial charge in [-0.2, -0.15) is 13.2 Å². The zero-order chi connectivity index (χ0) is 11.3. The van der Waals surface area contributed by atoms with Crippen molar-refractivity contribution in [2.45, 2.75) is 50.4 Å². The Morgan fingerprint density at radius 2 is 2.13 bits per heavy atom. The van der Waals surface area contributed by atoms with Crippen molar-refractivity contribution in [1.29, 1.82) is 0 Å². The Hall–Kier alpha value is -0.290. The number of ether oxygens (including phenoxy) is 1. The Labute approximate surface area is 88.2 Å². The number of halogens is 3. The van der Waals surface area contributed by atoms with Crippen LogP contribution >= 0.6 is 0 Å². The lowest BCUT2D eigenvalue weighted by molar-refractivity contribution is -0.214. The zero-order valence-electron chi connectivity index (χ0n) is 8.94. The summed E-state index contributed by atoms with van der Waals surface area (Å²) in [6, 6.07) is 0.235. The van der Waals surface area contributed by atoms with Gasteiger partial charge in [0.25, 0.3) is 0 Å². The van der Waals surface area contributed by atoms with Gasteiger partial charge in [0.15, 0.2) is 6.10 Å². The van der Waals surface area contributed by atoms with Gasteiger partial charge in [-0.1, -0.05) is 6.42 Å². The van der Waals surface area contributed by atoms with Crippen LogP contribution < -0.4 is 5.32 Å². The molecule has 0 aromatic carbocycles. The first kappa shape index (κ1) is 12.8. The number of piperidine rings is 1. The second-order valence-electron chi connectivity index (χ2n) is 3.99. The molecule has 0 radical (unpaired) electrons. The van der Waals surface area contributed by atoms with Gasteiger partial charge in [0.05, 0.1) is 0 Å². The standard InChI is InChI=1S/C10H18F3NO/c1-15-9(10(11,12)13)6-5-8-4-2-3-7-14-8/h8-9,14H,2-7H2,1H3. The Bertz CT molecular complexity index is 178. The Kier molecular flexibility index (Phi) is 4.86. The molecule has 2 unspecified atom stereocenters. The van der Waals surface area contributed by atoms with Crippen LogP contribution in [0, 0.1) is 0 Å². The lowest BCUT2D eigenvalue weighted by Crippen LogP contribution is -2.37. The number of rotatable bonds is 4. The average Bonchev–Trinajstić information content (AvgIpc) is 2.18. The van der Waals surface area contributed by atoms with Crippen LogP contribution in [0.25, 0.3) is 0 Å². The summed E-state index contributed by atoms with van der Waals surface area (Å²) < 4.78 is 41.4. The number of alkyl halides is 3. The van der Waals surface area contributed by atoms with E-state index < -0.39 is 12.3 Å². The van der Waals surface area contributed by atoms with Crippen molar-refractivity contribution in [1.82, 2.24) is 5.32 Å². The third-order valence-electron chi connectivity index (χ3n) is 2.84. The van der Waals surface area contributed by atoms with E-state index in [4.69, 9.17) is 0 Å². The first-order valence-corrected chi connectivity index (χ1v) is 5.37. The summed E-state index contributed by atoms with van der Waals surface area (Å²) in [6.45, 7) is 0.925. The first-order chi connectivity index (χ1) is 7.04. The molecule has 1 heterocycles. The van der Waals surface area contributed by atoms with Crippen LogP contribution in [0.2, 0.25) is 0 Å². The smallest absolute Gasteiger partial charge is 0.372 e. The van der Waals surface area contributed by atoms with Gasteiger partial charge in [-0.05, 0) is 32.2 Å². The van der Waals surface area contributed by atoms with Crippen LogP contribution in [-0.4, -0.2) is 32.0 Å². The fourth-order valence-corrected chi connectivity index (χ4v) is 1.94. The normalized spacial score (nSPS) is 25.2. The quantitative estimate of drug-likeness (QED) is 0.793. The molecule has 1 fully saturated rings. The first-order valence-electron chi connectivity index (χ1n) is 5.37. The molecule has 1 saturated heterocycles. The molecule has 90 valence electrons. The van der Waals surface area contributed by atoms with E-state index in [0.29, 0.717) is 6.42 Å². The van der Waals surface area contributed by atoms with E-state index in [0.717, 1.165) is 32.9 Å². The van der Waals surface area contributed by atoms with Crippen LogP contribution in [0.1, 0.15) is 32.1 Å². The van der Waals surface area contributed by atoms with Crippen molar-refractivity contribution in [2.24, 2.45) is 0 Å². The largest absolute Gasteiger partial charge is 0.414 e. The molecule has 0 amide bonds. The molecule has 0 aromatic heterocycles. The summed E-state index contributed by atoms with van der Waals surface area (Å²) in [7, 11) is 1.12. The van der Waals surface area contributed by atoms with Crippen LogP contribution in [0.3, 0.4) is 0 Å². The third kappa shape index (κ3) is 4.38. The minimum Gasteiger partial charge on any atom is -0.372 e. The van der Waals surface area contributed by atoms with Crippen molar-refractivity contribution >= 4 is 0 Å². The third-order valence-corrected chi connectivity index (χ3v) is 2.84. The molecule has 2 atom stereocenters. The van der Waals surface area contributed by atoms with Crippen LogP contribution in [0.15, 0.2) is 0 Å². The molecule has 0 saturated carbocycles. The molecule has 0 spiro atoms. The number of hydrogen-bond donors (Lipinski definition) is 1. The summed E-state index contributed by atoms with van der Waals surface area (Å²) in [5.41, 5.74) is 0. The number of hydrogen-bond acceptors (Lipinski definition) is 2. The van der Waals surface area contributed by atoms with Crippen molar-refractivity contribution in [3.8, 4) is 0 Å². The van der Waals surface area contributed by atoms with Gasteiger partial charge in [-0.15, -0.1) is 0 Å². The van der Waals surface area contributed by atoms with Gasteiger partial charge >= 0.3 is 6.18 Å². The minimum absolute atomic E-state index is 0.0532. The van der Waals surface area contributed by atoms with Crippen LogP contribution in [0.4, 0.5) is 13.2 Å². The fourth-order valence-electron chi connectivity index (χ4n) is 1.94. The summed E-state index contributed by atoms with van der Waals surface area (Å²) in [6.07, 6.45) is -2.03. The molecule has 15 heavy (non-hydrogen) atoms. The number of methoxy groups -OCH3 is 1. The van der Waals surface area contributed by atoms with Gasteiger partial charge in [-0.25, -0.2) is 0 Å². The maximum absolute atomic E-state index is 12.3. The molecule has 5 heteroatoms. The topological polar surface area (TPSA) is 21.3 Å². The second kappa shape index (κ2) is 5.70. The van der Waals surface area contributed by atoms with Gasteiger partial charge < -0.3 is 10.1 Å². The van der Waals surface area contributed by atoms with E-state index in [1.165, 1.54) is 0 Å². The van der Waals surface area contributed by atoms with Crippen molar-refractivity contribution in [3.63, 3.8) is 0 Å². The minimum atomic E-state index is -4.23. The van der Waals surface area contributed by atoms with E-state index in [1.54, 1.807) is 0 Å². The van der Waals surface area contributed by atoms with Crippen molar-refractivity contribution in [2.75, 3.05) is 13.7 Å². The Balaban J connectivity index is 2.27. The predicted octanol–water partition coefficient (Wildman–Crippen LogP) is 2.49. The number of nitrogens with one attached hydrogen (secondary N) is 1. The van der Waals surface area contributed by atoms with E-state index in [2.05, 4.69) is 10.1 Å². The summed E-state index contributed by atoms with van der Waals surface area (Å²) in [4.78, 5) is 0. The monoisotopic (exact) mass is 225 g/mol. The molecule has 1 aliphatic rings. The predicted molar refractivity (Wildman–Crippen MR) is 51.7 cm³/mol. The molecule has 0 aliphatic carbocycles. The Morgan fingerprint density at radius 1 is 1.40 bits per heavy atom. The van der Waals surface area contributed by atoms with Gasteiger partial charge in [0, 0.05) is 13.2 Å². The van der Waals surface area contributed by atoms with Crippen LogP contribution in [-0.2, 0) is 4.74 Å². The van der Waals surface area contributed by atoms with Crippen LogP contribution in [0.5, 0.6) is 0 Å². The van der Waals surface area contributed by atoms with Crippen molar-refractivity contribution in [3.05, 3.63) is 0 Å². The van der Waals surface area contributed by atoms with E-state index >= 15 is 0 Å². The Morgan fingerprint density at radius 3 is 2.60 bits per heavy atom. The lowest BCUT2D eigenvalue weighted by Gasteiger charge is -2.26. The highest BCUT2D eigenvalue weighted by atomic mass is 19.4. The van der Waals surface area contributed by atoms with Crippen molar-refractivity contribution < 1.29 is 17.9 Å². The van der Waals surface area contributed by atoms with Gasteiger partial charge in [-0.3, -0.25) is 0 Å². The maximum atomic E-state index is 12.3. The van der Waals surface area contributed by atoms with E-state index in [-0.39, 0.29) is 12.5 Å². The average molecular weight is 225 g/mol. The molecular formula is C10H18F3NO. The summed E-state index contributed by atoms with van der Waals surface area (Å²) in [5.74, 6) is 0. The highest BCUT2D eigenvalue weighted by Gasteiger charge is 2.39. The molecule has 1 rings (SSSR count). The molecular weight excluding hydrogens is 207 g/mol.